The maximum absolute atomic E-state index is 12.9. The number of unbranched alkanes of at least 4 members (excludes halogenated alkanes) is 30. The Kier molecular flexibility index (Phi) is 52.7. The lowest BCUT2D eigenvalue weighted by Gasteiger charge is -2.21. The van der Waals surface area contributed by atoms with Gasteiger partial charge in [-0.3, -0.25) is 23.4 Å². The van der Waals surface area contributed by atoms with Gasteiger partial charge in [-0.25, -0.2) is 4.57 Å². The standard InChI is InChI=1S/C60H109O11P/c1-4-7-10-13-16-19-22-25-26-27-28-29-30-33-36-39-42-45-48-51-60(64)71-57(53-67-58(62)49-46-43-40-37-34-31-23-20-17-14-11-8-5-2)55-69-72(65,66)68-54-56(52-61)70-59(63)50-47-44-41-38-35-32-24-21-18-15-12-9-6-3/h8,11,17,20,25-26,31,34,56-57,61H,4-7,9-10,12-16,18-19,21-24,27-30,32-33,35-55H2,1-3H3,(H,65,66)/b11-8-,20-17-,26-25-,34-31-. The molecule has 0 aromatic rings. The minimum atomic E-state index is -4.75. The second-order valence-corrected chi connectivity index (χ2v) is 21.2. The Balaban J connectivity index is 4.71. The predicted octanol–water partition coefficient (Wildman–Crippen LogP) is 17.4. The molecule has 3 unspecified atom stereocenters. The van der Waals surface area contributed by atoms with Gasteiger partial charge in [0.2, 0.25) is 0 Å². The van der Waals surface area contributed by atoms with Crippen LogP contribution < -0.4 is 0 Å². The molecule has 0 heterocycles. The van der Waals surface area contributed by atoms with E-state index in [-0.39, 0.29) is 25.9 Å². The molecule has 0 aromatic carbocycles. The first-order valence-electron chi connectivity index (χ1n) is 29.5. The number of aliphatic hydroxyl groups excluding tert-OH is 1. The molecule has 0 fully saturated rings. The fraction of sp³-hybridized carbons (Fsp3) is 0.817. The smallest absolute Gasteiger partial charge is 0.462 e. The normalized spacial score (nSPS) is 13.7. The number of ether oxygens (including phenoxy) is 3. The van der Waals surface area contributed by atoms with Crippen LogP contribution in [0.2, 0.25) is 0 Å². The van der Waals surface area contributed by atoms with Crippen molar-refractivity contribution in [2.24, 2.45) is 0 Å². The van der Waals surface area contributed by atoms with Crippen LogP contribution in [0.1, 0.15) is 278 Å². The lowest BCUT2D eigenvalue weighted by Crippen LogP contribution is -2.30. The number of allylic oxidation sites excluding steroid dienone is 8. The van der Waals surface area contributed by atoms with Crippen molar-refractivity contribution < 1.29 is 52.2 Å². The average Bonchev–Trinajstić information content (AvgIpc) is 3.37. The first-order valence-corrected chi connectivity index (χ1v) is 31.0. The second-order valence-electron chi connectivity index (χ2n) is 19.8. The fourth-order valence-electron chi connectivity index (χ4n) is 8.25. The van der Waals surface area contributed by atoms with Gasteiger partial charge in [0.05, 0.1) is 19.8 Å². The Morgan fingerprint density at radius 3 is 1.14 bits per heavy atom. The SMILES string of the molecule is CC/C=C\C/C=C\C/C=C\CCCCCC(=O)OCC(COP(=O)(O)OCC(CO)OC(=O)CCCCCCCCCCCCCCC)OC(=O)CCCCCCCCCCC/C=C\CCCCCCCC. The minimum absolute atomic E-state index is 0.161. The molecule has 0 aliphatic carbocycles. The summed E-state index contributed by atoms with van der Waals surface area (Å²) >= 11 is 0. The van der Waals surface area contributed by atoms with E-state index >= 15 is 0 Å². The van der Waals surface area contributed by atoms with Crippen molar-refractivity contribution in [3.63, 3.8) is 0 Å². The molecule has 0 amide bonds. The molecule has 0 saturated heterocycles. The van der Waals surface area contributed by atoms with Crippen molar-refractivity contribution in [2.45, 2.75) is 290 Å². The van der Waals surface area contributed by atoms with Crippen LogP contribution in [0.3, 0.4) is 0 Å². The topological polar surface area (TPSA) is 155 Å². The van der Waals surface area contributed by atoms with Crippen LogP contribution in [0.15, 0.2) is 48.6 Å². The van der Waals surface area contributed by atoms with Gasteiger partial charge >= 0.3 is 25.7 Å². The number of phosphoric acid groups is 1. The molecular weight excluding hydrogens is 928 g/mol. The van der Waals surface area contributed by atoms with E-state index < -0.39 is 57.8 Å². The van der Waals surface area contributed by atoms with Crippen molar-refractivity contribution in [3.05, 3.63) is 48.6 Å². The third-order valence-electron chi connectivity index (χ3n) is 12.7. The van der Waals surface area contributed by atoms with Crippen molar-refractivity contribution in [3.8, 4) is 0 Å². The van der Waals surface area contributed by atoms with E-state index in [1.54, 1.807) is 0 Å². The zero-order chi connectivity index (χ0) is 52.7. The van der Waals surface area contributed by atoms with Crippen LogP contribution in [-0.2, 0) is 42.2 Å². The van der Waals surface area contributed by atoms with Gasteiger partial charge in [-0.1, -0.05) is 230 Å². The molecule has 0 bridgehead atoms. The van der Waals surface area contributed by atoms with Crippen molar-refractivity contribution in [1.29, 1.82) is 0 Å². The van der Waals surface area contributed by atoms with Gasteiger partial charge in [-0.15, -0.1) is 0 Å². The molecule has 72 heavy (non-hydrogen) atoms. The number of rotatable bonds is 55. The van der Waals surface area contributed by atoms with Gasteiger partial charge in [0.1, 0.15) is 12.7 Å². The lowest BCUT2D eigenvalue weighted by atomic mass is 10.0. The first kappa shape index (κ1) is 69.4. The van der Waals surface area contributed by atoms with Crippen LogP contribution in [0.25, 0.3) is 0 Å². The molecule has 11 nitrogen and oxygen atoms in total. The molecule has 0 rings (SSSR count). The zero-order valence-electron chi connectivity index (χ0n) is 46.4. The lowest BCUT2D eigenvalue weighted by molar-refractivity contribution is -0.161. The summed E-state index contributed by atoms with van der Waals surface area (Å²) in [7, 11) is -4.75. The summed E-state index contributed by atoms with van der Waals surface area (Å²) in [6.07, 6.45) is 57.9. The molecule has 0 aromatic heterocycles. The third-order valence-corrected chi connectivity index (χ3v) is 13.7. The number of carbonyl (C=O) groups excluding carboxylic acids is 3. The monoisotopic (exact) mass is 1040 g/mol. The Labute approximate surface area is 441 Å². The zero-order valence-corrected chi connectivity index (χ0v) is 47.3. The Hall–Kier alpha value is -2.56. The number of hydrogen-bond donors (Lipinski definition) is 2. The largest absolute Gasteiger partial charge is 0.472 e. The van der Waals surface area contributed by atoms with E-state index in [1.807, 2.05) is 0 Å². The van der Waals surface area contributed by atoms with E-state index in [2.05, 4.69) is 69.4 Å². The van der Waals surface area contributed by atoms with Gasteiger partial charge in [0.25, 0.3) is 0 Å². The van der Waals surface area contributed by atoms with Gasteiger partial charge in [-0.05, 0) is 77.0 Å². The van der Waals surface area contributed by atoms with Crippen LogP contribution >= 0.6 is 7.82 Å². The highest BCUT2D eigenvalue weighted by Gasteiger charge is 2.28. The van der Waals surface area contributed by atoms with Crippen molar-refractivity contribution in [2.75, 3.05) is 26.4 Å². The third kappa shape index (κ3) is 52.3. The molecular formula is C60H109O11P. The molecule has 0 aliphatic rings. The molecule has 3 atom stereocenters. The van der Waals surface area contributed by atoms with Crippen LogP contribution in [0.5, 0.6) is 0 Å². The summed E-state index contributed by atoms with van der Waals surface area (Å²) in [4.78, 5) is 48.5. The van der Waals surface area contributed by atoms with Crippen LogP contribution in [-0.4, -0.2) is 66.5 Å². The van der Waals surface area contributed by atoms with E-state index in [0.717, 1.165) is 77.0 Å². The number of aliphatic hydroxyl groups is 1. The van der Waals surface area contributed by atoms with Crippen LogP contribution in [0.4, 0.5) is 0 Å². The van der Waals surface area contributed by atoms with E-state index in [0.29, 0.717) is 19.3 Å². The molecule has 0 spiro atoms. The van der Waals surface area contributed by atoms with Gasteiger partial charge < -0.3 is 24.2 Å². The highest BCUT2D eigenvalue weighted by Crippen LogP contribution is 2.43. The fourth-order valence-corrected chi connectivity index (χ4v) is 9.03. The maximum Gasteiger partial charge on any atom is 0.472 e. The summed E-state index contributed by atoms with van der Waals surface area (Å²) < 4.78 is 39.5. The molecule has 2 N–H and O–H groups in total. The summed E-state index contributed by atoms with van der Waals surface area (Å²) in [5.74, 6) is -1.49. The second kappa shape index (κ2) is 54.7. The van der Waals surface area contributed by atoms with Crippen molar-refractivity contribution in [1.82, 2.24) is 0 Å². The van der Waals surface area contributed by atoms with E-state index in [1.165, 1.54) is 141 Å². The predicted molar refractivity (Wildman–Crippen MR) is 298 cm³/mol. The highest BCUT2D eigenvalue weighted by atomic mass is 31.2. The van der Waals surface area contributed by atoms with E-state index in [4.69, 9.17) is 23.3 Å². The maximum atomic E-state index is 12.9. The summed E-state index contributed by atoms with van der Waals surface area (Å²) in [6, 6.07) is 0. The van der Waals surface area contributed by atoms with Crippen molar-refractivity contribution >= 4 is 25.7 Å². The van der Waals surface area contributed by atoms with E-state index in [9.17, 15) is 28.9 Å². The number of carbonyl (C=O) groups is 3. The Bertz CT molecular complexity index is 1400. The number of phosphoric ester groups is 1. The molecule has 12 heteroatoms. The highest BCUT2D eigenvalue weighted by molar-refractivity contribution is 7.47. The Morgan fingerprint density at radius 1 is 0.403 bits per heavy atom. The van der Waals surface area contributed by atoms with Gasteiger partial charge in [0.15, 0.2) is 6.10 Å². The summed E-state index contributed by atoms with van der Waals surface area (Å²) in [6.45, 7) is 4.52. The molecule has 0 saturated carbocycles. The van der Waals surface area contributed by atoms with Gasteiger partial charge in [0, 0.05) is 19.3 Å². The average molecular weight is 1040 g/mol. The molecule has 0 radical (unpaired) electrons. The Morgan fingerprint density at radius 2 is 0.722 bits per heavy atom. The molecule has 0 aliphatic heterocycles. The summed E-state index contributed by atoms with van der Waals surface area (Å²) in [5.41, 5.74) is 0. The minimum Gasteiger partial charge on any atom is -0.462 e. The number of hydrogen-bond acceptors (Lipinski definition) is 10. The van der Waals surface area contributed by atoms with Gasteiger partial charge in [-0.2, -0.15) is 0 Å². The summed E-state index contributed by atoms with van der Waals surface area (Å²) in [5, 5.41) is 9.81. The quantitative estimate of drug-likeness (QED) is 0.0197. The molecule has 420 valence electrons. The number of esters is 3. The first-order chi connectivity index (χ1) is 35.2. The van der Waals surface area contributed by atoms with Crippen LogP contribution in [0, 0.1) is 0 Å².